The van der Waals surface area contributed by atoms with Gasteiger partial charge in [0.15, 0.2) is 0 Å². The number of carbonyl (C=O) groups is 1. The summed E-state index contributed by atoms with van der Waals surface area (Å²) in [5.74, 6) is -0.587. The number of nitrogens with zero attached hydrogens (tertiary/aromatic N) is 1. The quantitative estimate of drug-likeness (QED) is 0.708. The minimum atomic E-state index is -1.02. The third-order valence-corrected chi connectivity index (χ3v) is 1.33. The lowest BCUT2D eigenvalue weighted by Gasteiger charge is -2.02. The Bertz CT molecular complexity index is 322. The molecule has 1 rings (SSSR count). The van der Waals surface area contributed by atoms with Gasteiger partial charge in [-0.3, -0.25) is 4.98 Å². The second kappa shape index (κ2) is 4.25. The van der Waals surface area contributed by atoms with Crippen LogP contribution in [0.2, 0.25) is 0 Å². The molecule has 0 aliphatic carbocycles. The number of rotatable bonds is 4. The fourth-order valence-electron chi connectivity index (χ4n) is 0.770. The van der Waals surface area contributed by atoms with Gasteiger partial charge in [-0.2, -0.15) is 0 Å². The fraction of sp³-hybridized carbons (Fsp3) is 0.111. The SMILES string of the molecule is C=CCOc1cncc(C(=O)O)c1. The van der Waals surface area contributed by atoms with E-state index in [1.165, 1.54) is 18.5 Å². The van der Waals surface area contributed by atoms with Crippen molar-refractivity contribution in [3.05, 3.63) is 36.7 Å². The molecule has 4 nitrogen and oxygen atoms in total. The third-order valence-electron chi connectivity index (χ3n) is 1.33. The molecule has 0 atom stereocenters. The third kappa shape index (κ3) is 2.59. The van der Waals surface area contributed by atoms with E-state index in [-0.39, 0.29) is 5.56 Å². The monoisotopic (exact) mass is 179 g/mol. The van der Waals surface area contributed by atoms with Crippen LogP contribution in [0.1, 0.15) is 10.4 Å². The molecule has 68 valence electrons. The highest BCUT2D eigenvalue weighted by Gasteiger charge is 2.03. The summed E-state index contributed by atoms with van der Waals surface area (Å²) in [7, 11) is 0. The Morgan fingerprint density at radius 3 is 3.08 bits per heavy atom. The molecule has 0 amide bonds. The molecule has 1 N–H and O–H groups in total. The van der Waals surface area contributed by atoms with Gasteiger partial charge in [-0.05, 0) is 6.07 Å². The second-order valence-electron chi connectivity index (χ2n) is 2.31. The summed E-state index contributed by atoms with van der Waals surface area (Å²) in [6.45, 7) is 3.81. The van der Waals surface area contributed by atoms with Crippen LogP contribution in [-0.2, 0) is 0 Å². The van der Waals surface area contributed by atoms with E-state index in [1.54, 1.807) is 6.08 Å². The van der Waals surface area contributed by atoms with Gasteiger partial charge in [0, 0.05) is 6.20 Å². The van der Waals surface area contributed by atoms with E-state index in [0.717, 1.165) is 0 Å². The first kappa shape index (κ1) is 9.25. The van der Waals surface area contributed by atoms with Crippen molar-refractivity contribution in [2.45, 2.75) is 0 Å². The Morgan fingerprint density at radius 1 is 1.69 bits per heavy atom. The summed E-state index contributed by atoms with van der Waals surface area (Å²) >= 11 is 0. The standard InChI is InChI=1S/C9H9NO3/c1-2-3-13-8-4-7(9(11)12)5-10-6-8/h2,4-6H,1,3H2,(H,11,12). The molecule has 0 aromatic carbocycles. The maximum atomic E-state index is 10.5. The zero-order chi connectivity index (χ0) is 9.68. The predicted molar refractivity (Wildman–Crippen MR) is 46.9 cm³/mol. The smallest absolute Gasteiger partial charge is 0.337 e. The average Bonchev–Trinajstić information content (AvgIpc) is 2.15. The van der Waals surface area contributed by atoms with Crippen molar-refractivity contribution in [1.82, 2.24) is 4.98 Å². The van der Waals surface area contributed by atoms with Gasteiger partial charge in [0.2, 0.25) is 0 Å². The molecule has 0 fully saturated rings. The van der Waals surface area contributed by atoms with Crippen LogP contribution in [0.4, 0.5) is 0 Å². The molecule has 0 unspecified atom stereocenters. The Balaban J connectivity index is 2.79. The molecular weight excluding hydrogens is 170 g/mol. The number of aromatic carboxylic acids is 1. The van der Waals surface area contributed by atoms with Gasteiger partial charge in [0.1, 0.15) is 12.4 Å². The van der Waals surface area contributed by atoms with Crippen molar-refractivity contribution in [2.24, 2.45) is 0 Å². The van der Waals surface area contributed by atoms with Crippen LogP contribution in [0.15, 0.2) is 31.1 Å². The van der Waals surface area contributed by atoms with Crippen molar-refractivity contribution in [3.63, 3.8) is 0 Å². The predicted octanol–water partition coefficient (Wildman–Crippen LogP) is 1.34. The lowest BCUT2D eigenvalue weighted by molar-refractivity contribution is 0.0696. The van der Waals surface area contributed by atoms with Crippen molar-refractivity contribution in [3.8, 4) is 5.75 Å². The summed E-state index contributed by atoms with van der Waals surface area (Å²) in [4.78, 5) is 14.2. The lowest BCUT2D eigenvalue weighted by Crippen LogP contribution is -1.99. The van der Waals surface area contributed by atoms with Crippen LogP contribution < -0.4 is 4.74 Å². The number of hydrogen-bond donors (Lipinski definition) is 1. The van der Waals surface area contributed by atoms with Crippen molar-refractivity contribution in [1.29, 1.82) is 0 Å². The largest absolute Gasteiger partial charge is 0.488 e. The minimum absolute atomic E-state index is 0.113. The van der Waals surface area contributed by atoms with E-state index in [0.29, 0.717) is 12.4 Å². The second-order valence-corrected chi connectivity index (χ2v) is 2.31. The molecule has 0 aliphatic rings. The van der Waals surface area contributed by atoms with Crippen LogP contribution in [0.5, 0.6) is 5.75 Å². The Kier molecular flexibility index (Phi) is 3.03. The van der Waals surface area contributed by atoms with Gasteiger partial charge in [0.05, 0.1) is 11.8 Å². The molecule has 1 aromatic heterocycles. The lowest BCUT2D eigenvalue weighted by atomic mass is 10.3. The van der Waals surface area contributed by atoms with Crippen molar-refractivity contribution in [2.75, 3.05) is 6.61 Å². The van der Waals surface area contributed by atoms with E-state index < -0.39 is 5.97 Å². The fourth-order valence-corrected chi connectivity index (χ4v) is 0.770. The van der Waals surface area contributed by atoms with Gasteiger partial charge in [-0.1, -0.05) is 12.7 Å². The molecule has 0 radical (unpaired) electrons. The Labute approximate surface area is 75.5 Å². The number of ether oxygens (including phenoxy) is 1. The maximum absolute atomic E-state index is 10.5. The molecule has 0 bridgehead atoms. The van der Waals surface area contributed by atoms with E-state index in [1.807, 2.05) is 0 Å². The highest BCUT2D eigenvalue weighted by Crippen LogP contribution is 2.10. The highest BCUT2D eigenvalue weighted by atomic mass is 16.5. The summed E-state index contributed by atoms with van der Waals surface area (Å²) in [5.41, 5.74) is 0.113. The summed E-state index contributed by atoms with van der Waals surface area (Å²) in [5, 5.41) is 8.62. The Morgan fingerprint density at radius 2 is 2.46 bits per heavy atom. The molecule has 1 aromatic rings. The van der Waals surface area contributed by atoms with Gasteiger partial charge >= 0.3 is 5.97 Å². The van der Waals surface area contributed by atoms with E-state index in [4.69, 9.17) is 9.84 Å². The zero-order valence-electron chi connectivity index (χ0n) is 6.93. The Hall–Kier alpha value is -1.84. The number of carboxylic acids is 1. The van der Waals surface area contributed by atoms with Crippen LogP contribution >= 0.6 is 0 Å². The van der Waals surface area contributed by atoms with Crippen LogP contribution in [-0.4, -0.2) is 22.7 Å². The molecule has 13 heavy (non-hydrogen) atoms. The van der Waals surface area contributed by atoms with Gasteiger partial charge < -0.3 is 9.84 Å². The molecule has 4 heteroatoms. The first-order valence-electron chi connectivity index (χ1n) is 3.66. The topological polar surface area (TPSA) is 59.4 Å². The molecule has 0 spiro atoms. The van der Waals surface area contributed by atoms with Crippen LogP contribution in [0.3, 0.4) is 0 Å². The first-order valence-corrected chi connectivity index (χ1v) is 3.66. The van der Waals surface area contributed by atoms with E-state index in [2.05, 4.69) is 11.6 Å². The summed E-state index contributed by atoms with van der Waals surface area (Å²) in [6.07, 6.45) is 4.30. The molecule has 0 aliphatic heterocycles. The maximum Gasteiger partial charge on any atom is 0.337 e. The molecular formula is C9H9NO3. The average molecular weight is 179 g/mol. The number of carboxylic acid groups (broad SMARTS) is 1. The summed E-state index contributed by atoms with van der Waals surface area (Å²) in [6, 6.07) is 1.42. The first-order chi connectivity index (χ1) is 6.24. The number of pyridine rings is 1. The van der Waals surface area contributed by atoms with Crippen molar-refractivity contribution < 1.29 is 14.6 Å². The zero-order valence-corrected chi connectivity index (χ0v) is 6.93. The molecule has 0 saturated carbocycles. The summed E-state index contributed by atoms with van der Waals surface area (Å²) < 4.78 is 5.10. The van der Waals surface area contributed by atoms with E-state index >= 15 is 0 Å². The minimum Gasteiger partial charge on any atom is -0.488 e. The van der Waals surface area contributed by atoms with Gasteiger partial charge in [-0.25, -0.2) is 4.79 Å². The van der Waals surface area contributed by atoms with Gasteiger partial charge in [0.25, 0.3) is 0 Å². The number of hydrogen-bond acceptors (Lipinski definition) is 3. The van der Waals surface area contributed by atoms with Crippen LogP contribution in [0.25, 0.3) is 0 Å². The normalized spacial score (nSPS) is 9.23. The van der Waals surface area contributed by atoms with E-state index in [9.17, 15) is 4.79 Å². The number of aromatic nitrogens is 1. The van der Waals surface area contributed by atoms with Crippen molar-refractivity contribution >= 4 is 5.97 Å². The van der Waals surface area contributed by atoms with Gasteiger partial charge in [-0.15, -0.1) is 0 Å². The molecule has 1 heterocycles. The van der Waals surface area contributed by atoms with Crippen LogP contribution in [0, 0.1) is 0 Å². The molecule has 0 saturated heterocycles. The highest BCUT2D eigenvalue weighted by molar-refractivity contribution is 5.87.